The number of primary amides is 1. The quantitative estimate of drug-likeness (QED) is 0.156. The molecule has 2 aromatic carbocycles. The van der Waals surface area contributed by atoms with Gasteiger partial charge < -0.3 is 25.0 Å². The van der Waals surface area contributed by atoms with Gasteiger partial charge in [-0.2, -0.15) is 13.9 Å². The molecule has 4 rings (SSSR count). The first-order chi connectivity index (χ1) is 18.4. The van der Waals surface area contributed by atoms with E-state index in [4.69, 9.17) is 15.0 Å². The van der Waals surface area contributed by atoms with Gasteiger partial charge in [-0.15, -0.1) is 0 Å². The van der Waals surface area contributed by atoms with E-state index in [9.17, 15) is 18.0 Å². The monoisotopic (exact) mass is 560 g/mol. The summed E-state index contributed by atoms with van der Waals surface area (Å²) in [6, 6.07) is 12.1. The van der Waals surface area contributed by atoms with Crippen molar-refractivity contribution in [2.24, 2.45) is 5.73 Å². The number of nitrogens with one attached hydrogen (secondary N) is 3. The normalized spacial score (nSPS) is 12.4. The molecule has 2 aromatic heterocycles. The van der Waals surface area contributed by atoms with Gasteiger partial charge in [0.15, 0.2) is 11.6 Å². The molecule has 2 heterocycles. The molecular formula is C26H27F3N6O3S. The van der Waals surface area contributed by atoms with Gasteiger partial charge in [-0.05, 0) is 36.8 Å². The highest BCUT2D eigenvalue weighted by molar-refractivity contribution is 8.00. The van der Waals surface area contributed by atoms with Crippen LogP contribution in [0, 0.1) is 5.82 Å². The Bertz CT molecular complexity index is 1450. The maximum absolute atomic E-state index is 13.4. The molecular weight excluding hydrogens is 533 g/mol. The molecule has 0 aliphatic rings. The second-order valence-corrected chi connectivity index (χ2v) is 10.4. The minimum atomic E-state index is -2.68. The SMILES string of the molecule is CC(Oc1cc(-c2[nH]nc(Nc3cc(C(C)(C)C)on3)c2C(N)=O)ccc1NSC(F)F)c1ccc(F)cc1. The van der Waals surface area contributed by atoms with Crippen LogP contribution in [-0.4, -0.2) is 27.0 Å². The summed E-state index contributed by atoms with van der Waals surface area (Å²) in [5.74, 6) is -2.54. The van der Waals surface area contributed by atoms with Crippen LogP contribution in [0.2, 0.25) is 0 Å². The number of carbonyl (C=O) groups excluding carboxylic acids is 1. The number of hydrogen-bond donors (Lipinski definition) is 4. The van der Waals surface area contributed by atoms with Gasteiger partial charge in [0.1, 0.15) is 29.0 Å². The molecule has 1 atom stereocenters. The Morgan fingerprint density at radius 2 is 1.87 bits per heavy atom. The molecule has 13 heteroatoms. The molecule has 0 saturated heterocycles. The highest BCUT2D eigenvalue weighted by atomic mass is 32.2. The number of hydrogen-bond acceptors (Lipinski definition) is 8. The fraction of sp³-hybridized carbons (Fsp3) is 0.269. The molecule has 0 fully saturated rings. The van der Waals surface area contributed by atoms with E-state index in [1.54, 1.807) is 37.3 Å². The number of benzene rings is 2. The maximum atomic E-state index is 13.4. The molecule has 0 saturated carbocycles. The number of nitrogens with two attached hydrogens (primary N) is 1. The lowest BCUT2D eigenvalue weighted by Gasteiger charge is -2.19. The Kier molecular flexibility index (Phi) is 8.09. The number of aromatic nitrogens is 3. The third kappa shape index (κ3) is 6.66. The topological polar surface area (TPSA) is 131 Å². The average Bonchev–Trinajstić information content (AvgIpc) is 3.51. The van der Waals surface area contributed by atoms with E-state index >= 15 is 0 Å². The Morgan fingerprint density at radius 3 is 2.49 bits per heavy atom. The van der Waals surface area contributed by atoms with Crippen LogP contribution in [0.15, 0.2) is 53.1 Å². The molecule has 1 unspecified atom stereocenters. The van der Waals surface area contributed by atoms with Gasteiger partial charge in [-0.25, -0.2) is 4.39 Å². The number of amides is 1. The lowest BCUT2D eigenvalue weighted by molar-refractivity contribution is 0.100. The first-order valence-electron chi connectivity index (χ1n) is 11.8. The van der Waals surface area contributed by atoms with Gasteiger partial charge in [-0.1, -0.05) is 44.1 Å². The standard InChI is InChI=1S/C26H27F3N6O3S/c1-13(14-5-8-16(27)9-6-14)37-18-11-15(7-10-17(18)35-39-25(28)29)22-21(23(30)36)24(33-32-22)31-20-12-19(38-34-20)26(2,3)4/h5-13,25,35H,1-4H3,(H2,30,36)(H2,31,32,33,34). The van der Waals surface area contributed by atoms with Crippen molar-refractivity contribution in [2.75, 3.05) is 10.0 Å². The number of ether oxygens (including phenoxy) is 1. The summed E-state index contributed by atoms with van der Waals surface area (Å²) in [5.41, 5.74) is 7.14. The van der Waals surface area contributed by atoms with E-state index < -0.39 is 23.6 Å². The molecule has 0 aliphatic carbocycles. The van der Waals surface area contributed by atoms with Crippen LogP contribution in [0.1, 0.15) is 55.5 Å². The van der Waals surface area contributed by atoms with Crippen LogP contribution in [0.4, 0.5) is 30.5 Å². The van der Waals surface area contributed by atoms with Crippen molar-refractivity contribution in [3.8, 4) is 17.0 Å². The summed E-state index contributed by atoms with van der Waals surface area (Å²) in [4.78, 5) is 12.5. The Balaban J connectivity index is 1.68. The highest BCUT2D eigenvalue weighted by Gasteiger charge is 2.24. The third-order valence-electron chi connectivity index (χ3n) is 5.68. The first kappa shape index (κ1) is 27.9. The number of halogens is 3. The van der Waals surface area contributed by atoms with Gasteiger partial charge in [0, 0.05) is 29.0 Å². The lowest BCUT2D eigenvalue weighted by Crippen LogP contribution is -2.13. The molecule has 1 amide bonds. The van der Waals surface area contributed by atoms with E-state index in [2.05, 4.69) is 25.4 Å². The maximum Gasteiger partial charge on any atom is 0.302 e. The summed E-state index contributed by atoms with van der Waals surface area (Å²) in [6.07, 6.45) is -0.559. The van der Waals surface area contributed by atoms with Gasteiger partial charge in [0.05, 0.1) is 11.4 Å². The molecule has 5 N–H and O–H groups in total. The summed E-state index contributed by atoms with van der Waals surface area (Å²) < 4.78 is 53.2. The largest absolute Gasteiger partial charge is 0.484 e. The van der Waals surface area contributed by atoms with Crippen LogP contribution in [0.25, 0.3) is 11.3 Å². The number of alkyl halides is 2. The van der Waals surface area contributed by atoms with E-state index in [0.717, 1.165) is 0 Å². The minimum Gasteiger partial charge on any atom is -0.484 e. The number of carbonyl (C=O) groups is 1. The predicted octanol–water partition coefficient (Wildman–Crippen LogP) is 6.77. The zero-order valence-corrected chi connectivity index (χ0v) is 22.3. The lowest BCUT2D eigenvalue weighted by atomic mass is 9.93. The minimum absolute atomic E-state index is 0.0514. The molecule has 0 bridgehead atoms. The van der Waals surface area contributed by atoms with Crippen LogP contribution in [-0.2, 0) is 5.41 Å². The number of anilines is 3. The van der Waals surface area contributed by atoms with E-state index in [1.807, 2.05) is 20.8 Å². The number of nitrogens with zero attached hydrogens (tertiary/aromatic N) is 2. The molecule has 0 radical (unpaired) electrons. The van der Waals surface area contributed by atoms with Crippen molar-refractivity contribution < 1.29 is 27.2 Å². The second kappa shape index (κ2) is 11.3. The molecule has 0 aliphatic heterocycles. The second-order valence-electron chi connectivity index (χ2n) is 9.64. The van der Waals surface area contributed by atoms with Crippen LogP contribution >= 0.6 is 11.9 Å². The number of aromatic amines is 1. The van der Waals surface area contributed by atoms with Gasteiger partial charge >= 0.3 is 5.76 Å². The predicted molar refractivity (Wildman–Crippen MR) is 144 cm³/mol. The van der Waals surface area contributed by atoms with E-state index in [0.29, 0.717) is 22.7 Å². The highest BCUT2D eigenvalue weighted by Crippen LogP contribution is 2.38. The summed E-state index contributed by atoms with van der Waals surface area (Å²) >= 11 is 0.209. The van der Waals surface area contributed by atoms with Gasteiger partial charge in [0.25, 0.3) is 5.91 Å². The molecule has 206 valence electrons. The van der Waals surface area contributed by atoms with Gasteiger partial charge in [0.2, 0.25) is 0 Å². The van der Waals surface area contributed by atoms with Crippen LogP contribution < -0.4 is 20.5 Å². The van der Waals surface area contributed by atoms with Crippen LogP contribution in [0.5, 0.6) is 5.75 Å². The molecule has 0 spiro atoms. The van der Waals surface area contributed by atoms with E-state index in [1.165, 1.54) is 18.2 Å². The summed E-state index contributed by atoms with van der Waals surface area (Å²) in [7, 11) is 0. The zero-order chi connectivity index (χ0) is 28.3. The Labute approximate surface area is 226 Å². The Hall–Kier alpha value is -4.13. The van der Waals surface area contributed by atoms with Crippen molar-refractivity contribution in [3.63, 3.8) is 0 Å². The smallest absolute Gasteiger partial charge is 0.302 e. The van der Waals surface area contributed by atoms with Crippen molar-refractivity contribution >= 4 is 35.2 Å². The summed E-state index contributed by atoms with van der Waals surface area (Å²) in [6.45, 7) is 7.63. The fourth-order valence-corrected chi connectivity index (χ4v) is 4.03. The van der Waals surface area contributed by atoms with Crippen molar-refractivity contribution in [1.82, 2.24) is 15.4 Å². The fourth-order valence-electron chi connectivity index (χ4n) is 3.65. The number of H-pyrrole nitrogens is 1. The zero-order valence-electron chi connectivity index (χ0n) is 21.5. The van der Waals surface area contributed by atoms with Crippen molar-refractivity contribution in [2.45, 2.75) is 45.0 Å². The molecule has 39 heavy (non-hydrogen) atoms. The third-order valence-corrected chi connectivity index (χ3v) is 6.20. The molecule has 9 nitrogen and oxygen atoms in total. The molecule has 4 aromatic rings. The van der Waals surface area contributed by atoms with Crippen LogP contribution in [0.3, 0.4) is 0 Å². The number of rotatable bonds is 10. The Morgan fingerprint density at radius 1 is 1.15 bits per heavy atom. The van der Waals surface area contributed by atoms with Crippen molar-refractivity contribution in [1.29, 1.82) is 0 Å². The van der Waals surface area contributed by atoms with E-state index in [-0.39, 0.29) is 45.9 Å². The average molecular weight is 561 g/mol. The first-order valence-corrected chi connectivity index (χ1v) is 12.7. The summed E-state index contributed by atoms with van der Waals surface area (Å²) in [5, 5.41) is 13.9. The van der Waals surface area contributed by atoms with Gasteiger partial charge in [-0.3, -0.25) is 9.89 Å². The van der Waals surface area contributed by atoms with Crippen molar-refractivity contribution in [3.05, 3.63) is 71.2 Å².